The van der Waals surface area contributed by atoms with Crippen molar-refractivity contribution in [3.63, 3.8) is 0 Å². The van der Waals surface area contributed by atoms with E-state index in [1.165, 1.54) is 12.4 Å². The van der Waals surface area contributed by atoms with Crippen molar-refractivity contribution in [3.8, 4) is 0 Å². The summed E-state index contributed by atoms with van der Waals surface area (Å²) < 4.78 is 0. The first-order valence-corrected chi connectivity index (χ1v) is 10.7. The van der Waals surface area contributed by atoms with Gasteiger partial charge in [0.15, 0.2) is 5.78 Å². The Morgan fingerprint density at radius 3 is 2.21 bits per heavy atom. The average Bonchev–Trinajstić information content (AvgIpc) is 2.77. The fourth-order valence-electron chi connectivity index (χ4n) is 4.02. The molecule has 0 fully saturated rings. The second-order valence-corrected chi connectivity index (χ2v) is 8.77. The summed E-state index contributed by atoms with van der Waals surface area (Å²) in [5.41, 5.74) is 5.24. The third-order valence-electron chi connectivity index (χ3n) is 5.64. The lowest BCUT2D eigenvalue weighted by Crippen LogP contribution is -2.64. The maximum absolute atomic E-state index is 13.8. The number of benzene rings is 2. The van der Waals surface area contributed by atoms with Crippen molar-refractivity contribution in [2.45, 2.75) is 52.1 Å². The fraction of sp³-hybridized carbons (Fsp3) is 0.417. The Kier molecular flexibility index (Phi) is 8.29. The highest BCUT2D eigenvalue weighted by Crippen LogP contribution is 2.36. The molecule has 2 aromatic carbocycles. The Bertz CT molecular complexity index is 1050. The second-order valence-electron chi connectivity index (χ2n) is 8.77. The Hall–Kier alpha value is -3.30. The van der Waals surface area contributed by atoms with Crippen molar-refractivity contribution in [1.82, 2.24) is 5.48 Å². The van der Waals surface area contributed by atoms with Gasteiger partial charge in [0.05, 0.1) is 11.7 Å². The summed E-state index contributed by atoms with van der Waals surface area (Å²) in [6, 6.07) is 11.0. The molecule has 0 radical (unpaired) electrons. The van der Waals surface area contributed by atoms with Gasteiger partial charge in [-0.1, -0.05) is 50.2 Å². The molecule has 0 aliphatic carbocycles. The van der Waals surface area contributed by atoms with Crippen molar-refractivity contribution >= 4 is 40.0 Å². The molecule has 0 saturated heterocycles. The number of rotatable bonds is 10. The van der Waals surface area contributed by atoms with Gasteiger partial charge >= 0.3 is 5.97 Å². The molecule has 0 bridgehead atoms. The van der Waals surface area contributed by atoms with Gasteiger partial charge in [-0.25, -0.2) is 10.3 Å². The normalized spacial score (nSPS) is 14.9. The Morgan fingerprint density at radius 1 is 1.06 bits per heavy atom. The van der Waals surface area contributed by atoms with Gasteiger partial charge in [0.1, 0.15) is 0 Å². The number of hydrogen-bond donors (Lipinski definition) is 4. The molecule has 178 valence electrons. The van der Waals surface area contributed by atoms with E-state index in [1.807, 2.05) is 13.8 Å². The number of amides is 2. The van der Waals surface area contributed by atoms with Crippen LogP contribution in [0.2, 0.25) is 0 Å². The number of anilines is 1. The molecule has 5 N–H and O–H groups in total. The monoisotopic (exact) mass is 457 g/mol. The number of aliphatic carboxylic acids is 1. The summed E-state index contributed by atoms with van der Waals surface area (Å²) in [7, 11) is 0. The zero-order valence-electron chi connectivity index (χ0n) is 19.2. The maximum atomic E-state index is 13.8. The van der Waals surface area contributed by atoms with Gasteiger partial charge in [-0.2, -0.15) is 0 Å². The number of ketones is 1. The molecule has 2 amide bonds. The maximum Gasteiger partial charge on any atom is 0.337 e. The third-order valence-corrected chi connectivity index (χ3v) is 5.64. The Labute approximate surface area is 192 Å². The molecule has 2 rings (SSSR count). The van der Waals surface area contributed by atoms with Gasteiger partial charge in [-0.05, 0) is 37.6 Å². The highest BCUT2D eigenvalue weighted by molar-refractivity contribution is 6.20. The molecule has 0 aliphatic heterocycles. The van der Waals surface area contributed by atoms with Crippen LogP contribution in [0.25, 0.3) is 10.8 Å². The zero-order chi connectivity index (χ0) is 24.9. The molecule has 9 heteroatoms. The van der Waals surface area contributed by atoms with E-state index in [-0.39, 0.29) is 18.0 Å². The van der Waals surface area contributed by atoms with E-state index in [0.29, 0.717) is 5.39 Å². The SMILES string of the molecule is CC(C)CC(CC(=O)NO)C(=O)[C@](C)(C(=O)O)N(C(=O)[C@@H](C)N)c1cccc2ccccc12. The van der Waals surface area contributed by atoms with Crippen LogP contribution in [0.15, 0.2) is 42.5 Å². The number of nitrogens with one attached hydrogen (secondary N) is 1. The van der Waals surface area contributed by atoms with Crippen LogP contribution in [0, 0.1) is 11.8 Å². The number of nitrogens with zero attached hydrogens (tertiary/aromatic N) is 1. The molecule has 0 spiro atoms. The van der Waals surface area contributed by atoms with E-state index >= 15 is 0 Å². The van der Waals surface area contributed by atoms with Crippen LogP contribution in [-0.2, 0) is 19.2 Å². The van der Waals surface area contributed by atoms with E-state index in [4.69, 9.17) is 10.9 Å². The minimum absolute atomic E-state index is 0.0568. The standard InChI is InChI=1S/C24H31N3O6/c1-14(2)12-17(13-20(28)26-33)21(29)24(4,23(31)32)27(22(30)15(3)25)19-11-7-9-16-8-5-6-10-18(16)19/h5-11,14-15,17,33H,12-13,25H2,1-4H3,(H,26,28)(H,31,32)/t15-,17?,24-/m1/s1. The minimum atomic E-state index is -2.36. The largest absolute Gasteiger partial charge is 0.479 e. The van der Waals surface area contributed by atoms with Gasteiger partial charge in [-0.3, -0.25) is 24.5 Å². The topological polar surface area (TPSA) is 150 Å². The highest BCUT2D eigenvalue weighted by Gasteiger charge is 2.53. The van der Waals surface area contributed by atoms with Crippen LogP contribution < -0.4 is 16.1 Å². The van der Waals surface area contributed by atoms with Gasteiger partial charge in [0.25, 0.3) is 0 Å². The van der Waals surface area contributed by atoms with E-state index in [2.05, 4.69) is 0 Å². The predicted molar refractivity (Wildman–Crippen MR) is 124 cm³/mol. The lowest BCUT2D eigenvalue weighted by atomic mass is 9.79. The van der Waals surface area contributed by atoms with Crippen LogP contribution >= 0.6 is 0 Å². The molecule has 0 aromatic heterocycles. The van der Waals surface area contributed by atoms with Gasteiger partial charge in [0, 0.05) is 17.7 Å². The summed E-state index contributed by atoms with van der Waals surface area (Å²) in [6.45, 7) is 6.22. The van der Waals surface area contributed by atoms with E-state index in [9.17, 15) is 24.3 Å². The first kappa shape index (κ1) is 26.0. The summed E-state index contributed by atoms with van der Waals surface area (Å²) in [4.78, 5) is 52.6. The zero-order valence-corrected chi connectivity index (χ0v) is 19.2. The quantitative estimate of drug-likeness (QED) is 0.243. The smallest absolute Gasteiger partial charge is 0.337 e. The predicted octanol–water partition coefficient (Wildman–Crippen LogP) is 2.49. The molecular weight excluding hydrogens is 426 g/mol. The molecule has 9 nitrogen and oxygen atoms in total. The second kappa shape index (κ2) is 10.5. The van der Waals surface area contributed by atoms with Crippen molar-refractivity contribution in [3.05, 3.63) is 42.5 Å². The van der Waals surface area contributed by atoms with Crippen LogP contribution in [0.3, 0.4) is 0 Å². The van der Waals surface area contributed by atoms with Gasteiger partial charge in [0.2, 0.25) is 17.4 Å². The summed E-state index contributed by atoms with van der Waals surface area (Å²) in [5, 5.41) is 20.6. The van der Waals surface area contributed by atoms with E-state index < -0.39 is 47.5 Å². The first-order chi connectivity index (χ1) is 15.4. The van der Waals surface area contributed by atoms with Crippen LogP contribution in [0.5, 0.6) is 0 Å². The number of fused-ring (bicyclic) bond motifs is 1. The molecule has 0 aliphatic rings. The molecule has 1 unspecified atom stereocenters. The number of carbonyl (C=O) groups excluding carboxylic acids is 3. The van der Waals surface area contributed by atoms with Crippen molar-refractivity contribution in [1.29, 1.82) is 0 Å². The number of hydrogen-bond acceptors (Lipinski definition) is 6. The highest BCUT2D eigenvalue weighted by atomic mass is 16.5. The molecular formula is C24H31N3O6. The molecule has 0 heterocycles. The lowest BCUT2D eigenvalue weighted by Gasteiger charge is -2.40. The van der Waals surface area contributed by atoms with Crippen molar-refractivity contribution in [2.24, 2.45) is 17.6 Å². The van der Waals surface area contributed by atoms with Gasteiger partial charge in [-0.15, -0.1) is 0 Å². The Balaban J connectivity index is 2.77. The number of nitrogens with two attached hydrogens (primary N) is 1. The number of carbonyl (C=O) groups is 4. The first-order valence-electron chi connectivity index (χ1n) is 10.7. The summed E-state index contributed by atoms with van der Waals surface area (Å²) >= 11 is 0. The number of carboxylic acid groups (broad SMARTS) is 1. The van der Waals surface area contributed by atoms with Crippen molar-refractivity contribution < 1.29 is 29.5 Å². The van der Waals surface area contributed by atoms with Gasteiger partial charge < -0.3 is 10.8 Å². The van der Waals surface area contributed by atoms with Crippen LogP contribution in [0.4, 0.5) is 5.69 Å². The number of hydroxylamine groups is 1. The summed E-state index contributed by atoms with van der Waals surface area (Å²) in [6.07, 6.45) is -0.239. The molecule has 3 atom stereocenters. The lowest BCUT2D eigenvalue weighted by molar-refractivity contribution is -0.152. The van der Waals surface area contributed by atoms with Crippen LogP contribution in [0.1, 0.15) is 40.5 Å². The average molecular weight is 458 g/mol. The van der Waals surface area contributed by atoms with Crippen molar-refractivity contribution in [2.75, 3.05) is 4.90 Å². The third kappa shape index (κ3) is 5.37. The molecule has 33 heavy (non-hydrogen) atoms. The minimum Gasteiger partial charge on any atom is -0.479 e. The molecule has 2 aromatic rings. The Morgan fingerprint density at radius 2 is 1.67 bits per heavy atom. The number of carboxylic acids is 1. The van der Waals surface area contributed by atoms with E-state index in [1.54, 1.807) is 42.5 Å². The summed E-state index contributed by atoms with van der Waals surface area (Å²) in [5.74, 6) is -5.06. The number of Topliss-reactive ketones (excluding diaryl/α,β-unsaturated/α-hetero) is 1. The molecule has 0 saturated carbocycles. The van der Waals surface area contributed by atoms with E-state index in [0.717, 1.165) is 17.2 Å². The van der Waals surface area contributed by atoms with Crippen LogP contribution in [-0.4, -0.2) is 45.5 Å². The fourth-order valence-corrected chi connectivity index (χ4v) is 4.02.